The molecule has 0 radical (unpaired) electrons. The third-order valence-corrected chi connectivity index (χ3v) is 16.1. The Morgan fingerprint density at radius 1 is 0.348 bits per heavy atom. The van der Waals surface area contributed by atoms with Crippen molar-refractivity contribution in [3.63, 3.8) is 0 Å². The molecule has 69 heavy (non-hydrogen) atoms. The summed E-state index contributed by atoms with van der Waals surface area (Å²) in [5.74, 6) is 2.34. The number of hydrogen-bond donors (Lipinski definition) is 0. The molecule has 0 atom stereocenters. The zero-order valence-electron chi connectivity index (χ0n) is 38.4. The summed E-state index contributed by atoms with van der Waals surface area (Å²) in [6.45, 7) is 8.37. The van der Waals surface area contributed by atoms with E-state index in [1.54, 1.807) is 0 Å². The maximum Gasteiger partial charge on any atom is 0.166 e. The third-order valence-electron chi connectivity index (χ3n) is 13.9. The molecule has 0 aliphatic carbocycles. The number of halogens is 6. The van der Waals surface area contributed by atoms with E-state index < -0.39 is 0 Å². The van der Waals surface area contributed by atoms with Crippen molar-refractivity contribution in [3.05, 3.63) is 226 Å². The Balaban J connectivity index is 1.02. The molecular formula is C57H48Cl6N6. The largest absolute Gasteiger partial charge is 0.317 e. The second kappa shape index (κ2) is 20.2. The highest BCUT2D eigenvalue weighted by molar-refractivity contribution is 6.41. The zero-order chi connectivity index (χ0) is 47.9. The highest BCUT2D eigenvalue weighted by Gasteiger charge is 2.26. The molecule has 0 N–H and O–H groups in total. The summed E-state index contributed by atoms with van der Waals surface area (Å²) in [6.07, 6.45) is 3.70. The number of imidazole rings is 3. The number of fused-ring (bicyclic) bond motifs is 3. The van der Waals surface area contributed by atoms with Crippen LogP contribution in [-0.2, 0) is 58.2 Å². The summed E-state index contributed by atoms with van der Waals surface area (Å²) in [7, 11) is 0. The second-order valence-electron chi connectivity index (χ2n) is 17.9. The van der Waals surface area contributed by atoms with Gasteiger partial charge in [0.15, 0.2) is 15.5 Å². The van der Waals surface area contributed by atoms with Crippen LogP contribution in [0.1, 0.15) is 67.5 Å². The molecule has 0 amide bonds. The first kappa shape index (κ1) is 47.4. The first-order chi connectivity index (χ1) is 33.4. The lowest BCUT2D eigenvalue weighted by Gasteiger charge is -2.23. The lowest BCUT2D eigenvalue weighted by Crippen LogP contribution is -2.15. The van der Waals surface area contributed by atoms with E-state index >= 15 is 0 Å². The topological polar surface area (TPSA) is 53.5 Å². The summed E-state index contributed by atoms with van der Waals surface area (Å²) in [4.78, 5) is 14.7. The maximum absolute atomic E-state index is 6.99. The fourth-order valence-electron chi connectivity index (χ4n) is 9.99. The van der Waals surface area contributed by atoms with Crippen molar-refractivity contribution >= 4 is 102 Å². The maximum atomic E-state index is 6.99. The highest BCUT2D eigenvalue weighted by Crippen LogP contribution is 2.36. The zero-order valence-corrected chi connectivity index (χ0v) is 43.0. The van der Waals surface area contributed by atoms with Crippen molar-refractivity contribution in [1.29, 1.82) is 0 Å². The van der Waals surface area contributed by atoms with Gasteiger partial charge < -0.3 is 13.7 Å². The lowest BCUT2D eigenvalue weighted by molar-refractivity contribution is 0.655. The molecule has 12 heteroatoms. The molecule has 0 aliphatic heterocycles. The normalized spacial score (nSPS) is 11.8. The van der Waals surface area contributed by atoms with Gasteiger partial charge in [-0.1, -0.05) is 197 Å². The monoisotopic (exact) mass is 1030 g/mol. The number of rotatable bonds is 15. The molecule has 3 aromatic heterocycles. The fraction of sp³-hybridized carbons (Fsp3) is 0.211. The first-order valence-corrected chi connectivity index (χ1v) is 25.4. The highest BCUT2D eigenvalue weighted by atomic mass is 35.5. The predicted molar refractivity (Wildman–Crippen MR) is 289 cm³/mol. The van der Waals surface area contributed by atoms with E-state index in [-0.39, 0.29) is 15.5 Å². The molecule has 3 heterocycles. The van der Waals surface area contributed by atoms with Crippen molar-refractivity contribution in [2.75, 3.05) is 0 Å². The predicted octanol–water partition coefficient (Wildman–Crippen LogP) is 16.1. The van der Waals surface area contributed by atoms with E-state index in [2.05, 4.69) is 162 Å². The minimum Gasteiger partial charge on any atom is -0.317 e. The summed E-state index contributed by atoms with van der Waals surface area (Å²) in [6, 6.07) is 44.9. The van der Waals surface area contributed by atoms with Crippen LogP contribution in [0.4, 0.5) is 0 Å². The minimum absolute atomic E-state index is 0.281. The molecule has 0 spiro atoms. The molecule has 0 bridgehead atoms. The number of aryl methyl sites for hydroxylation is 3. The van der Waals surface area contributed by atoms with Gasteiger partial charge in [0.1, 0.15) is 32.9 Å². The Morgan fingerprint density at radius 2 is 0.609 bits per heavy atom. The average molecular weight is 1030 g/mol. The lowest BCUT2D eigenvalue weighted by atomic mass is 9.84. The first-order valence-electron chi connectivity index (χ1n) is 23.1. The third kappa shape index (κ3) is 9.78. The van der Waals surface area contributed by atoms with Gasteiger partial charge in [0.05, 0.1) is 0 Å². The number of hydrogen-bond acceptors (Lipinski definition) is 3. The van der Waals surface area contributed by atoms with Crippen LogP contribution in [0.2, 0.25) is 30.9 Å². The van der Waals surface area contributed by atoms with E-state index in [9.17, 15) is 0 Å². The van der Waals surface area contributed by atoms with Gasteiger partial charge in [-0.3, -0.25) is 0 Å². The molecule has 348 valence electrons. The minimum atomic E-state index is 0.281. The second-order valence-corrected chi connectivity index (χ2v) is 20.1. The van der Waals surface area contributed by atoms with Gasteiger partial charge in [0.25, 0.3) is 0 Å². The number of nitrogens with zero attached hydrogens (tertiary/aromatic N) is 6. The van der Waals surface area contributed by atoms with Crippen molar-refractivity contribution in [3.8, 4) is 0 Å². The Hall–Kier alpha value is -5.31. The van der Waals surface area contributed by atoms with Crippen LogP contribution in [0, 0.1) is 20.8 Å². The van der Waals surface area contributed by atoms with Gasteiger partial charge in [-0.2, -0.15) is 0 Å². The van der Waals surface area contributed by atoms with Crippen LogP contribution in [0.3, 0.4) is 0 Å². The summed E-state index contributed by atoms with van der Waals surface area (Å²) in [5, 5.41) is 9.32. The number of aromatic nitrogens is 6. The SMILES string of the molecule is Cc1c(Cc2nc(Cl)c(Cl)n2CCc2ccc3ccccc3c2)c(C)c(Cc2nc(Cl)c(Cl)n2CCc2ccc3ccccc3c2)c(C)c1Cc1nc(Cl)c(Cl)n1CCc1ccc2ccccc2c1. The van der Waals surface area contributed by atoms with Crippen LogP contribution in [0.25, 0.3) is 32.3 Å². The van der Waals surface area contributed by atoms with Crippen LogP contribution in [0.5, 0.6) is 0 Å². The molecule has 7 aromatic carbocycles. The van der Waals surface area contributed by atoms with Crippen LogP contribution < -0.4 is 0 Å². The quantitative estimate of drug-likeness (QED) is 0.103. The Labute approximate surface area is 432 Å². The summed E-state index contributed by atoms with van der Waals surface area (Å²) >= 11 is 41.3. The molecular weight excluding hydrogens is 981 g/mol. The molecule has 0 saturated heterocycles. The molecule has 0 unspecified atom stereocenters. The standard InChI is InChI=1S/C57H48Cl6N6/c1-34-46(31-49-64-52(58)55(61)67(49)25-22-37-16-19-40-10-4-7-13-43(40)28-37)35(2)48(33-51-66-54(60)57(63)69(51)27-24-39-18-21-42-12-6-9-15-45(42)30-39)36(3)47(34)32-50-65-53(59)56(62)68(50)26-23-38-17-20-41-11-5-8-14-44(41)29-38/h4-21,28-30H,22-27,31-33H2,1-3H3. The Morgan fingerprint density at radius 3 is 0.884 bits per heavy atom. The van der Waals surface area contributed by atoms with Gasteiger partial charge in [0.2, 0.25) is 0 Å². The fourth-order valence-corrected chi connectivity index (χ4v) is 11.3. The van der Waals surface area contributed by atoms with Crippen molar-refractivity contribution in [2.45, 2.75) is 78.9 Å². The van der Waals surface area contributed by atoms with Gasteiger partial charge in [-0.05, 0) is 122 Å². The van der Waals surface area contributed by atoms with Gasteiger partial charge >= 0.3 is 0 Å². The van der Waals surface area contributed by atoms with Crippen molar-refractivity contribution in [1.82, 2.24) is 28.7 Å². The van der Waals surface area contributed by atoms with E-state index in [1.165, 1.54) is 49.0 Å². The molecule has 6 nitrogen and oxygen atoms in total. The van der Waals surface area contributed by atoms with Crippen molar-refractivity contribution in [2.24, 2.45) is 0 Å². The molecule has 0 fully saturated rings. The summed E-state index contributed by atoms with van der Waals surface area (Å²) in [5.41, 5.74) is 10.3. The van der Waals surface area contributed by atoms with Gasteiger partial charge in [0, 0.05) is 38.9 Å². The number of benzene rings is 7. The van der Waals surface area contributed by atoms with E-state index in [4.69, 9.17) is 84.6 Å². The van der Waals surface area contributed by atoms with E-state index in [0.717, 1.165) is 70.1 Å². The van der Waals surface area contributed by atoms with Crippen molar-refractivity contribution < 1.29 is 0 Å². The molecule has 0 aliphatic rings. The van der Waals surface area contributed by atoms with E-state index in [1.807, 2.05) is 0 Å². The van der Waals surface area contributed by atoms with Gasteiger partial charge in [-0.15, -0.1) is 0 Å². The van der Waals surface area contributed by atoms with Crippen LogP contribution >= 0.6 is 69.6 Å². The Bertz CT molecular complexity index is 3180. The molecule has 10 rings (SSSR count). The smallest absolute Gasteiger partial charge is 0.166 e. The summed E-state index contributed by atoms with van der Waals surface area (Å²) < 4.78 is 6.15. The van der Waals surface area contributed by atoms with Gasteiger partial charge in [-0.25, -0.2) is 15.0 Å². The molecule has 10 aromatic rings. The van der Waals surface area contributed by atoms with Crippen LogP contribution in [-0.4, -0.2) is 28.7 Å². The molecule has 0 saturated carbocycles. The van der Waals surface area contributed by atoms with Crippen LogP contribution in [0.15, 0.2) is 127 Å². The Kier molecular flexibility index (Phi) is 13.9. The average Bonchev–Trinajstić information content (AvgIpc) is 3.91. The van der Waals surface area contributed by atoms with E-state index in [0.29, 0.717) is 54.4 Å².